The standard InChI is InChI=1S/C14H25NO4/c1-7-18-11(16)10-14(5,6)8-9-15(10)12(17)19-13(2,3)4/h10H,7-9H2,1-6H3. The number of nitrogens with zero attached hydrogens (tertiary/aromatic N) is 1. The summed E-state index contributed by atoms with van der Waals surface area (Å²) in [5.41, 5.74) is -0.855. The fraction of sp³-hybridized carbons (Fsp3) is 0.857. The SMILES string of the molecule is CCOC(=O)C1N(C(=O)OC(C)(C)C)CCC1(C)C. The maximum atomic E-state index is 12.2. The van der Waals surface area contributed by atoms with Crippen LogP contribution in [0.5, 0.6) is 0 Å². The molecule has 0 N–H and O–H groups in total. The third kappa shape index (κ3) is 3.85. The van der Waals surface area contributed by atoms with Gasteiger partial charge in [0.1, 0.15) is 11.6 Å². The second-order valence-corrected chi connectivity index (χ2v) is 6.57. The Kier molecular flexibility index (Phi) is 4.48. The molecule has 1 fully saturated rings. The van der Waals surface area contributed by atoms with Gasteiger partial charge >= 0.3 is 12.1 Å². The lowest BCUT2D eigenvalue weighted by atomic mass is 9.85. The van der Waals surface area contributed by atoms with Gasteiger partial charge in [-0.2, -0.15) is 0 Å². The quantitative estimate of drug-likeness (QED) is 0.724. The Morgan fingerprint density at radius 1 is 1.32 bits per heavy atom. The Bertz CT molecular complexity index is 357. The van der Waals surface area contributed by atoms with Crippen LogP contribution in [0.25, 0.3) is 0 Å². The van der Waals surface area contributed by atoms with E-state index in [2.05, 4.69) is 0 Å². The maximum absolute atomic E-state index is 12.2. The Hall–Kier alpha value is -1.26. The minimum atomic E-state index is -0.567. The fourth-order valence-electron chi connectivity index (χ4n) is 2.28. The van der Waals surface area contributed by atoms with Gasteiger partial charge in [0.15, 0.2) is 0 Å². The van der Waals surface area contributed by atoms with E-state index >= 15 is 0 Å². The first-order valence-corrected chi connectivity index (χ1v) is 6.75. The van der Waals surface area contributed by atoms with Crippen molar-refractivity contribution in [3.8, 4) is 0 Å². The highest BCUT2D eigenvalue weighted by molar-refractivity contribution is 5.83. The molecule has 1 atom stereocenters. The average molecular weight is 271 g/mol. The summed E-state index contributed by atoms with van der Waals surface area (Å²) in [4.78, 5) is 25.7. The van der Waals surface area contributed by atoms with E-state index < -0.39 is 17.7 Å². The van der Waals surface area contributed by atoms with Gasteiger partial charge in [0.25, 0.3) is 0 Å². The summed E-state index contributed by atoms with van der Waals surface area (Å²) < 4.78 is 10.4. The monoisotopic (exact) mass is 271 g/mol. The van der Waals surface area contributed by atoms with Gasteiger partial charge in [-0.3, -0.25) is 4.90 Å². The second-order valence-electron chi connectivity index (χ2n) is 6.57. The lowest BCUT2D eigenvalue weighted by Gasteiger charge is -2.32. The van der Waals surface area contributed by atoms with Gasteiger partial charge in [0.05, 0.1) is 6.61 Å². The van der Waals surface area contributed by atoms with Crippen LogP contribution in [-0.2, 0) is 14.3 Å². The van der Waals surface area contributed by atoms with Crippen LogP contribution < -0.4 is 0 Å². The predicted octanol–water partition coefficient (Wildman–Crippen LogP) is 2.59. The van der Waals surface area contributed by atoms with Gasteiger partial charge in [-0.25, -0.2) is 9.59 Å². The summed E-state index contributed by atoms with van der Waals surface area (Å²) in [6, 6.07) is -0.567. The second kappa shape index (κ2) is 5.39. The summed E-state index contributed by atoms with van der Waals surface area (Å²) in [6.45, 7) is 12.0. The Morgan fingerprint density at radius 2 is 1.89 bits per heavy atom. The molecule has 1 saturated heterocycles. The molecule has 5 nitrogen and oxygen atoms in total. The molecule has 5 heteroatoms. The number of hydrogen-bond acceptors (Lipinski definition) is 4. The molecular formula is C14H25NO4. The smallest absolute Gasteiger partial charge is 0.411 e. The van der Waals surface area contributed by atoms with Crippen molar-refractivity contribution >= 4 is 12.1 Å². The lowest BCUT2D eigenvalue weighted by molar-refractivity contribution is -0.151. The van der Waals surface area contributed by atoms with Gasteiger partial charge in [0.2, 0.25) is 0 Å². The predicted molar refractivity (Wildman–Crippen MR) is 71.8 cm³/mol. The number of hydrogen-bond donors (Lipinski definition) is 0. The Balaban J connectivity index is 2.88. The molecule has 110 valence electrons. The minimum Gasteiger partial charge on any atom is -0.464 e. The van der Waals surface area contributed by atoms with E-state index in [0.29, 0.717) is 13.2 Å². The number of amides is 1. The van der Waals surface area contributed by atoms with Gasteiger partial charge in [-0.05, 0) is 39.5 Å². The molecule has 0 aromatic carbocycles. The first-order valence-electron chi connectivity index (χ1n) is 6.75. The zero-order chi connectivity index (χ0) is 14.8. The maximum Gasteiger partial charge on any atom is 0.411 e. The van der Waals surface area contributed by atoms with Gasteiger partial charge in [-0.15, -0.1) is 0 Å². The van der Waals surface area contributed by atoms with Crippen LogP contribution in [0.2, 0.25) is 0 Å². The normalized spacial score (nSPS) is 22.2. The van der Waals surface area contributed by atoms with Crippen molar-refractivity contribution in [2.75, 3.05) is 13.2 Å². The molecule has 1 amide bonds. The number of ether oxygens (including phenoxy) is 2. The molecule has 1 aliphatic heterocycles. The molecule has 0 radical (unpaired) electrons. The molecule has 0 aromatic rings. The topological polar surface area (TPSA) is 55.8 Å². The average Bonchev–Trinajstić information content (AvgIpc) is 2.51. The summed E-state index contributed by atoms with van der Waals surface area (Å²) in [5.74, 6) is -0.351. The number of carbonyl (C=O) groups is 2. The largest absolute Gasteiger partial charge is 0.464 e. The molecule has 1 unspecified atom stereocenters. The first-order chi connectivity index (χ1) is 8.58. The number of likely N-dealkylation sites (tertiary alicyclic amines) is 1. The highest BCUT2D eigenvalue weighted by Gasteiger charge is 2.49. The van der Waals surface area contributed by atoms with Crippen LogP contribution in [0, 0.1) is 5.41 Å². The number of rotatable bonds is 2. The summed E-state index contributed by atoms with van der Waals surface area (Å²) in [5, 5.41) is 0. The van der Waals surface area contributed by atoms with Crippen molar-refractivity contribution in [3.05, 3.63) is 0 Å². The van der Waals surface area contributed by atoms with Crippen molar-refractivity contribution in [2.45, 2.75) is 59.6 Å². The highest BCUT2D eigenvalue weighted by Crippen LogP contribution is 2.37. The van der Waals surface area contributed by atoms with Crippen LogP contribution in [-0.4, -0.2) is 41.8 Å². The van der Waals surface area contributed by atoms with E-state index in [1.807, 2.05) is 34.6 Å². The zero-order valence-corrected chi connectivity index (χ0v) is 12.8. The van der Waals surface area contributed by atoms with E-state index in [1.165, 1.54) is 4.90 Å². The molecule has 1 rings (SSSR count). The van der Waals surface area contributed by atoms with Gasteiger partial charge in [0, 0.05) is 6.54 Å². The molecule has 0 saturated carbocycles. The third-order valence-corrected chi connectivity index (χ3v) is 3.19. The summed E-state index contributed by atoms with van der Waals surface area (Å²) in [7, 11) is 0. The van der Waals surface area contributed by atoms with Crippen molar-refractivity contribution in [2.24, 2.45) is 5.41 Å². The van der Waals surface area contributed by atoms with Crippen LogP contribution in [0.4, 0.5) is 4.79 Å². The van der Waals surface area contributed by atoms with Crippen molar-refractivity contribution < 1.29 is 19.1 Å². The van der Waals surface area contributed by atoms with Crippen molar-refractivity contribution in [3.63, 3.8) is 0 Å². The van der Waals surface area contributed by atoms with Crippen molar-refractivity contribution in [1.29, 1.82) is 0 Å². The molecule has 0 aromatic heterocycles. The van der Waals surface area contributed by atoms with Gasteiger partial charge < -0.3 is 9.47 Å². The van der Waals surface area contributed by atoms with E-state index in [9.17, 15) is 9.59 Å². The number of esters is 1. The first kappa shape index (κ1) is 15.8. The summed E-state index contributed by atoms with van der Waals surface area (Å²) >= 11 is 0. The molecule has 0 spiro atoms. The lowest BCUT2D eigenvalue weighted by Crippen LogP contribution is -2.48. The van der Waals surface area contributed by atoms with Gasteiger partial charge in [-0.1, -0.05) is 13.8 Å². The Labute approximate surface area is 115 Å². The fourth-order valence-corrected chi connectivity index (χ4v) is 2.28. The summed E-state index contributed by atoms with van der Waals surface area (Å²) in [6.07, 6.45) is 0.312. The van der Waals surface area contributed by atoms with E-state index in [1.54, 1.807) is 6.92 Å². The molecule has 1 aliphatic rings. The van der Waals surface area contributed by atoms with E-state index in [0.717, 1.165) is 6.42 Å². The molecule has 19 heavy (non-hydrogen) atoms. The Morgan fingerprint density at radius 3 is 2.37 bits per heavy atom. The molecule has 0 aliphatic carbocycles. The van der Waals surface area contributed by atoms with Crippen LogP contribution in [0.15, 0.2) is 0 Å². The molecule has 0 bridgehead atoms. The number of carbonyl (C=O) groups excluding carboxylic acids is 2. The molecular weight excluding hydrogens is 246 g/mol. The van der Waals surface area contributed by atoms with Crippen molar-refractivity contribution in [1.82, 2.24) is 4.90 Å². The van der Waals surface area contributed by atoms with Crippen LogP contribution >= 0.6 is 0 Å². The third-order valence-electron chi connectivity index (χ3n) is 3.19. The van der Waals surface area contributed by atoms with E-state index in [4.69, 9.17) is 9.47 Å². The van der Waals surface area contributed by atoms with Crippen LogP contribution in [0.3, 0.4) is 0 Å². The van der Waals surface area contributed by atoms with E-state index in [-0.39, 0.29) is 11.4 Å². The van der Waals surface area contributed by atoms with Crippen LogP contribution in [0.1, 0.15) is 48.0 Å². The minimum absolute atomic E-state index is 0.289. The zero-order valence-electron chi connectivity index (χ0n) is 12.8. The highest BCUT2D eigenvalue weighted by atomic mass is 16.6. The molecule has 1 heterocycles.